The second kappa shape index (κ2) is 6.69. The Bertz CT molecular complexity index is 693. The minimum atomic E-state index is 0.0276. The van der Waals surface area contributed by atoms with Gasteiger partial charge in [0.1, 0.15) is 0 Å². The van der Waals surface area contributed by atoms with E-state index in [-0.39, 0.29) is 6.10 Å². The summed E-state index contributed by atoms with van der Waals surface area (Å²) < 4.78 is 5.89. The Labute approximate surface area is 131 Å². The Morgan fingerprint density at radius 3 is 3.09 bits per heavy atom. The molecule has 1 saturated heterocycles. The Morgan fingerprint density at radius 1 is 1.36 bits per heavy atom. The van der Waals surface area contributed by atoms with Crippen LogP contribution in [0.3, 0.4) is 0 Å². The summed E-state index contributed by atoms with van der Waals surface area (Å²) in [6, 6.07) is 12.0. The maximum atomic E-state index is 9.03. The number of pyridine rings is 1. The second-order valence-electron chi connectivity index (χ2n) is 5.70. The fourth-order valence-electron chi connectivity index (χ4n) is 2.82. The molecule has 0 aliphatic carbocycles. The highest BCUT2D eigenvalue weighted by atomic mass is 16.5. The average Bonchev–Trinajstić information content (AvgIpc) is 2.55. The normalized spacial score (nSPS) is 18.8. The van der Waals surface area contributed by atoms with E-state index < -0.39 is 0 Å². The first-order valence-electron chi connectivity index (χ1n) is 7.49. The smallest absolute Gasteiger partial charge is 0.0991 e. The van der Waals surface area contributed by atoms with Gasteiger partial charge in [0.15, 0.2) is 0 Å². The molecule has 4 heteroatoms. The maximum Gasteiger partial charge on any atom is 0.0991 e. The van der Waals surface area contributed by atoms with Crippen LogP contribution < -0.4 is 0 Å². The van der Waals surface area contributed by atoms with Crippen LogP contribution in [0.1, 0.15) is 28.4 Å². The highest BCUT2D eigenvalue weighted by molar-refractivity contribution is 5.34. The lowest BCUT2D eigenvalue weighted by Gasteiger charge is -2.33. The van der Waals surface area contributed by atoms with Gasteiger partial charge in [0, 0.05) is 32.0 Å². The molecule has 0 saturated carbocycles. The van der Waals surface area contributed by atoms with Crippen molar-refractivity contribution in [3.8, 4) is 6.07 Å². The molecule has 112 valence electrons. The molecule has 4 nitrogen and oxygen atoms in total. The first-order chi connectivity index (χ1) is 10.7. The van der Waals surface area contributed by atoms with Crippen LogP contribution in [0, 0.1) is 18.3 Å². The minimum absolute atomic E-state index is 0.0276. The van der Waals surface area contributed by atoms with Crippen molar-refractivity contribution in [2.45, 2.75) is 19.6 Å². The minimum Gasteiger partial charge on any atom is -0.371 e. The van der Waals surface area contributed by atoms with E-state index in [1.54, 1.807) is 0 Å². The molecule has 0 N–H and O–H groups in total. The molecule has 1 aromatic carbocycles. The number of rotatable bonds is 3. The summed E-state index contributed by atoms with van der Waals surface area (Å²) in [4.78, 5) is 6.63. The van der Waals surface area contributed by atoms with E-state index in [0.717, 1.165) is 25.2 Å². The molecule has 0 bridgehead atoms. The molecule has 2 aromatic rings. The number of ether oxygens (including phenoxy) is 1. The van der Waals surface area contributed by atoms with Crippen molar-refractivity contribution in [3.05, 3.63) is 65.0 Å². The van der Waals surface area contributed by atoms with Crippen molar-refractivity contribution in [1.82, 2.24) is 9.88 Å². The predicted molar refractivity (Wildman–Crippen MR) is 84.1 cm³/mol. The van der Waals surface area contributed by atoms with Crippen LogP contribution >= 0.6 is 0 Å². The molecule has 1 aromatic heterocycles. The summed E-state index contributed by atoms with van der Waals surface area (Å²) in [5, 5.41) is 9.03. The Hall–Kier alpha value is -2.22. The molecule has 1 fully saturated rings. The summed E-state index contributed by atoms with van der Waals surface area (Å²) >= 11 is 0. The zero-order chi connectivity index (χ0) is 15.4. The van der Waals surface area contributed by atoms with Crippen LogP contribution in [-0.4, -0.2) is 29.6 Å². The summed E-state index contributed by atoms with van der Waals surface area (Å²) in [5.74, 6) is 0. The Kier molecular flexibility index (Phi) is 4.47. The van der Waals surface area contributed by atoms with Crippen LogP contribution in [0.4, 0.5) is 0 Å². The lowest BCUT2D eigenvalue weighted by molar-refractivity contribution is -0.0329. The van der Waals surface area contributed by atoms with Gasteiger partial charge in [0.25, 0.3) is 0 Å². The third-order valence-corrected chi connectivity index (χ3v) is 3.88. The van der Waals surface area contributed by atoms with Crippen LogP contribution in [-0.2, 0) is 11.3 Å². The monoisotopic (exact) mass is 293 g/mol. The van der Waals surface area contributed by atoms with Gasteiger partial charge in [0.05, 0.1) is 24.3 Å². The average molecular weight is 293 g/mol. The summed E-state index contributed by atoms with van der Waals surface area (Å²) in [6.45, 7) is 5.41. The fraction of sp³-hybridized carbons (Fsp3) is 0.333. The third kappa shape index (κ3) is 3.51. The third-order valence-electron chi connectivity index (χ3n) is 3.88. The number of nitrogens with zero attached hydrogens (tertiary/aromatic N) is 3. The van der Waals surface area contributed by atoms with Gasteiger partial charge >= 0.3 is 0 Å². The number of hydrogen-bond acceptors (Lipinski definition) is 4. The van der Waals surface area contributed by atoms with Crippen molar-refractivity contribution in [2.24, 2.45) is 0 Å². The van der Waals surface area contributed by atoms with Crippen molar-refractivity contribution in [2.75, 3.05) is 19.7 Å². The first-order valence-corrected chi connectivity index (χ1v) is 7.49. The molecule has 1 unspecified atom stereocenters. The topological polar surface area (TPSA) is 49.2 Å². The lowest BCUT2D eigenvalue weighted by Crippen LogP contribution is -2.37. The van der Waals surface area contributed by atoms with Gasteiger partial charge in [-0.15, -0.1) is 0 Å². The van der Waals surface area contributed by atoms with Crippen molar-refractivity contribution in [1.29, 1.82) is 5.26 Å². The number of morpholine rings is 1. The fourth-order valence-corrected chi connectivity index (χ4v) is 2.82. The predicted octanol–water partition coefficient (Wildman–Crippen LogP) is 2.84. The Balaban J connectivity index is 1.70. The summed E-state index contributed by atoms with van der Waals surface area (Å²) in [5.41, 5.74) is 4.17. The summed E-state index contributed by atoms with van der Waals surface area (Å²) in [7, 11) is 0. The molecule has 0 spiro atoms. The van der Waals surface area contributed by atoms with Crippen molar-refractivity contribution < 1.29 is 4.74 Å². The van der Waals surface area contributed by atoms with E-state index in [0.29, 0.717) is 12.2 Å². The van der Waals surface area contributed by atoms with E-state index in [1.807, 2.05) is 36.7 Å². The van der Waals surface area contributed by atoms with Gasteiger partial charge in [-0.25, -0.2) is 0 Å². The molecule has 22 heavy (non-hydrogen) atoms. The molecule has 1 atom stereocenters. The zero-order valence-electron chi connectivity index (χ0n) is 12.7. The molecule has 3 rings (SSSR count). The van der Waals surface area contributed by atoms with E-state index in [1.165, 1.54) is 11.1 Å². The van der Waals surface area contributed by atoms with Crippen molar-refractivity contribution >= 4 is 0 Å². The van der Waals surface area contributed by atoms with Crippen LogP contribution in [0.25, 0.3) is 0 Å². The molecular formula is C18H19N3O. The number of nitriles is 1. The molecule has 0 radical (unpaired) electrons. The van der Waals surface area contributed by atoms with Gasteiger partial charge in [-0.2, -0.15) is 5.26 Å². The maximum absolute atomic E-state index is 9.03. The largest absolute Gasteiger partial charge is 0.371 e. The molecule has 2 heterocycles. The van der Waals surface area contributed by atoms with Crippen molar-refractivity contribution in [3.63, 3.8) is 0 Å². The van der Waals surface area contributed by atoms with E-state index in [9.17, 15) is 0 Å². The van der Waals surface area contributed by atoms with Crippen LogP contribution in [0.2, 0.25) is 0 Å². The standard InChI is InChI=1S/C18H19N3O/c1-14-7-16(11-20-10-14)12-21-5-6-22-18(13-21)17-4-2-3-15(8-17)9-19/h2-4,7-8,10-11,18H,5-6,12-13H2,1H3. The van der Waals surface area contributed by atoms with Gasteiger partial charge in [-0.1, -0.05) is 18.2 Å². The highest BCUT2D eigenvalue weighted by Gasteiger charge is 2.22. The SMILES string of the molecule is Cc1cncc(CN2CCOC(c3cccc(C#N)c3)C2)c1. The van der Waals surface area contributed by atoms with E-state index >= 15 is 0 Å². The van der Waals surface area contributed by atoms with Crippen LogP contribution in [0.15, 0.2) is 42.7 Å². The quantitative estimate of drug-likeness (QED) is 0.873. The molecule has 0 amide bonds. The first kappa shape index (κ1) is 14.7. The number of aryl methyl sites for hydroxylation is 1. The second-order valence-corrected chi connectivity index (χ2v) is 5.70. The molecule has 1 aliphatic heterocycles. The summed E-state index contributed by atoms with van der Waals surface area (Å²) in [6.07, 6.45) is 3.83. The van der Waals surface area contributed by atoms with Gasteiger partial charge in [-0.05, 0) is 35.7 Å². The number of aromatic nitrogens is 1. The number of benzene rings is 1. The van der Waals surface area contributed by atoms with Crippen LogP contribution in [0.5, 0.6) is 0 Å². The Morgan fingerprint density at radius 2 is 2.27 bits per heavy atom. The van der Waals surface area contributed by atoms with E-state index in [2.05, 4.69) is 28.9 Å². The molecule has 1 aliphatic rings. The lowest BCUT2D eigenvalue weighted by atomic mass is 10.0. The number of hydrogen-bond donors (Lipinski definition) is 0. The zero-order valence-corrected chi connectivity index (χ0v) is 12.7. The molecular weight excluding hydrogens is 274 g/mol. The van der Waals surface area contributed by atoms with Gasteiger partial charge in [0.2, 0.25) is 0 Å². The van der Waals surface area contributed by atoms with Gasteiger partial charge < -0.3 is 4.74 Å². The van der Waals surface area contributed by atoms with Gasteiger partial charge in [-0.3, -0.25) is 9.88 Å². The highest BCUT2D eigenvalue weighted by Crippen LogP contribution is 2.24. The van der Waals surface area contributed by atoms with E-state index in [4.69, 9.17) is 10.00 Å².